The van der Waals surface area contributed by atoms with Gasteiger partial charge in [-0.25, -0.2) is 0 Å². The summed E-state index contributed by atoms with van der Waals surface area (Å²) in [5.74, 6) is 0. The second-order valence-corrected chi connectivity index (χ2v) is 4.00. The lowest BCUT2D eigenvalue weighted by Gasteiger charge is -2.14. The molecule has 0 radical (unpaired) electrons. The van der Waals surface area contributed by atoms with Crippen LogP contribution in [0.15, 0.2) is 24.3 Å². The first-order valence-electron chi connectivity index (χ1n) is 5.32. The molecule has 0 spiro atoms. The molecule has 2 nitrogen and oxygen atoms in total. The van der Waals surface area contributed by atoms with E-state index >= 15 is 0 Å². The van der Waals surface area contributed by atoms with Crippen molar-refractivity contribution in [2.45, 2.75) is 38.3 Å². The smallest absolute Gasteiger partial charge is 0.0557 e. The van der Waals surface area contributed by atoms with Gasteiger partial charge in [0.1, 0.15) is 0 Å². The van der Waals surface area contributed by atoms with Crippen LogP contribution in [0.3, 0.4) is 0 Å². The van der Waals surface area contributed by atoms with E-state index in [2.05, 4.69) is 23.5 Å². The molecule has 1 aromatic carbocycles. The first kappa shape index (κ1) is 9.53. The van der Waals surface area contributed by atoms with Crippen molar-refractivity contribution in [3.63, 3.8) is 0 Å². The molecule has 14 heavy (non-hydrogen) atoms. The summed E-state index contributed by atoms with van der Waals surface area (Å²) in [5, 5.41) is 13.0. The highest BCUT2D eigenvalue weighted by Crippen LogP contribution is 2.27. The van der Waals surface area contributed by atoms with Gasteiger partial charge < -0.3 is 10.4 Å². The van der Waals surface area contributed by atoms with Crippen LogP contribution in [0.2, 0.25) is 0 Å². The molecular formula is C12H17NO. The molecule has 2 unspecified atom stereocenters. The zero-order chi connectivity index (χ0) is 9.97. The van der Waals surface area contributed by atoms with Gasteiger partial charge in [-0.1, -0.05) is 25.1 Å². The fourth-order valence-corrected chi connectivity index (χ4v) is 2.01. The number of fused-ring (bicyclic) bond motifs is 1. The maximum atomic E-state index is 9.56. The van der Waals surface area contributed by atoms with Gasteiger partial charge in [-0.2, -0.15) is 0 Å². The summed E-state index contributed by atoms with van der Waals surface area (Å²) in [6.45, 7) is 2.02. The van der Waals surface area contributed by atoms with Crippen LogP contribution in [0.25, 0.3) is 0 Å². The van der Waals surface area contributed by atoms with E-state index in [-0.39, 0.29) is 6.10 Å². The van der Waals surface area contributed by atoms with E-state index in [4.69, 9.17) is 0 Å². The first-order valence-corrected chi connectivity index (χ1v) is 5.32. The normalized spacial score (nSPS) is 21.4. The molecule has 0 bridgehead atoms. The summed E-state index contributed by atoms with van der Waals surface area (Å²) in [5.41, 5.74) is 2.61. The van der Waals surface area contributed by atoms with Gasteiger partial charge >= 0.3 is 0 Å². The van der Waals surface area contributed by atoms with Gasteiger partial charge in [0.05, 0.1) is 6.10 Å². The molecule has 1 heterocycles. The van der Waals surface area contributed by atoms with Crippen LogP contribution in [-0.4, -0.2) is 17.3 Å². The Morgan fingerprint density at radius 3 is 3.00 bits per heavy atom. The van der Waals surface area contributed by atoms with E-state index in [1.165, 1.54) is 11.3 Å². The van der Waals surface area contributed by atoms with Crippen LogP contribution >= 0.6 is 0 Å². The van der Waals surface area contributed by atoms with Crippen molar-refractivity contribution in [1.82, 2.24) is 0 Å². The molecule has 76 valence electrons. The average molecular weight is 191 g/mol. The van der Waals surface area contributed by atoms with E-state index < -0.39 is 0 Å². The van der Waals surface area contributed by atoms with Crippen molar-refractivity contribution in [3.8, 4) is 0 Å². The predicted molar refractivity (Wildman–Crippen MR) is 58.5 cm³/mol. The molecule has 1 aliphatic heterocycles. The molecule has 0 aromatic heterocycles. The Labute approximate surface area is 85.0 Å². The number of benzene rings is 1. The minimum absolute atomic E-state index is 0.165. The van der Waals surface area contributed by atoms with Gasteiger partial charge in [-0.05, 0) is 30.9 Å². The largest absolute Gasteiger partial charge is 0.393 e. The Kier molecular flexibility index (Phi) is 2.73. The van der Waals surface area contributed by atoms with Crippen molar-refractivity contribution < 1.29 is 5.11 Å². The lowest BCUT2D eigenvalue weighted by atomic mass is 10.0. The number of hydrogen-bond donors (Lipinski definition) is 2. The molecule has 0 amide bonds. The molecule has 0 saturated heterocycles. The number of rotatable bonds is 3. The third kappa shape index (κ3) is 1.90. The molecule has 0 saturated carbocycles. The van der Waals surface area contributed by atoms with E-state index in [1.54, 1.807) is 0 Å². The number of hydrogen-bond acceptors (Lipinski definition) is 2. The second kappa shape index (κ2) is 4.01. The number of nitrogens with one attached hydrogen (secondary N) is 1. The lowest BCUT2D eigenvalue weighted by molar-refractivity contribution is 0.154. The molecule has 2 N–H and O–H groups in total. The fraction of sp³-hybridized carbons (Fsp3) is 0.500. The molecule has 1 aliphatic rings. The highest BCUT2D eigenvalue weighted by molar-refractivity contribution is 5.56. The Bertz CT molecular complexity index is 286. The molecule has 0 aliphatic carbocycles. The zero-order valence-electron chi connectivity index (χ0n) is 8.53. The summed E-state index contributed by atoms with van der Waals surface area (Å²) in [6.07, 6.45) is 2.58. The van der Waals surface area contributed by atoms with E-state index in [0.717, 1.165) is 19.3 Å². The highest BCUT2D eigenvalue weighted by atomic mass is 16.3. The average Bonchev–Trinajstić information content (AvgIpc) is 2.59. The molecule has 2 heteroatoms. The van der Waals surface area contributed by atoms with Crippen molar-refractivity contribution in [1.29, 1.82) is 0 Å². The van der Waals surface area contributed by atoms with E-state index in [9.17, 15) is 5.11 Å². The topological polar surface area (TPSA) is 32.3 Å². The summed E-state index contributed by atoms with van der Waals surface area (Å²) in [6, 6.07) is 8.79. The monoisotopic (exact) mass is 191 g/mol. The minimum Gasteiger partial charge on any atom is -0.393 e. The summed E-state index contributed by atoms with van der Waals surface area (Å²) >= 11 is 0. The van der Waals surface area contributed by atoms with Crippen molar-refractivity contribution in [3.05, 3.63) is 29.8 Å². The fourth-order valence-electron chi connectivity index (χ4n) is 2.01. The van der Waals surface area contributed by atoms with Crippen molar-refractivity contribution in [2.75, 3.05) is 5.32 Å². The molecular weight excluding hydrogens is 174 g/mol. The zero-order valence-corrected chi connectivity index (χ0v) is 8.53. The number of anilines is 1. The van der Waals surface area contributed by atoms with E-state index in [1.807, 2.05) is 13.0 Å². The predicted octanol–water partition coefficient (Wildman–Crippen LogP) is 2.18. The van der Waals surface area contributed by atoms with Crippen LogP contribution < -0.4 is 5.32 Å². The first-order chi connectivity index (χ1) is 6.79. The Morgan fingerprint density at radius 1 is 1.50 bits per heavy atom. The van der Waals surface area contributed by atoms with Crippen LogP contribution in [-0.2, 0) is 6.42 Å². The number of para-hydroxylation sites is 1. The van der Waals surface area contributed by atoms with Gasteiger partial charge in [-0.3, -0.25) is 0 Å². The third-order valence-corrected chi connectivity index (χ3v) is 2.87. The van der Waals surface area contributed by atoms with Crippen molar-refractivity contribution >= 4 is 5.69 Å². The second-order valence-electron chi connectivity index (χ2n) is 4.00. The standard InChI is InChI=1S/C12H17NO/c1-2-11(14)8-10-7-9-5-3-4-6-12(9)13-10/h3-6,10-11,13-14H,2,7-8H2,1H3. The number of aliphatic hydroxyl groups is 1. The quantitative estimate of drug-likeness (QED) is 0.767. The highest BCUT2D eigenvalue weighted by Gasteiger charge is 2.21. The maximum absolute atomic E-state index is 9.56. The van der Waals surface area contributed by atoms with E-state index in [0.29, 0.717) is 6.04 Å². The summed E-state index contributed by atoms with van der Waals surface area (Å²) in [7, 11) is 0. The van der Waals surface area contributed by atoms with Crippen LogP contribution in [0.5, 0.6) is 0 Å². The summed E-state index contributed by atoms with van der Waals surface area (Å²) in [4.78, 5) is 0. The van der Waals surface area contributed by atoms with Crippen molar-refractivity contribution in [2.24, 2.45) is 0 Å². The lowest BCUT2D eigenvalue weighted by Crippen LogP contribution is -2.22. The SMILES string of the molecule is CCC(O)CC1Cc2ccccc2N1. The number of aliphatic hydroxyl groups excluding tert-OH is 1. The third-order valence-electron chi connectivity index (χ3n) is 2.87. The Morgan fingerprint density at radius 2 is 2.29 bits per heavy atom. The van der Waals surface area contributed by atoms with Gasteiger partial charge in [0.25, 0.3) is 0 Å². The van der Waals surface area contributed by atoms with Gasteiger partial charge in [0.15, 0.2) is 0 Å². The van der Waals surface area contributed by atoms with Crippen LogP contribution in [0, 0.1) is 0 Å². The van der Waals surface area contributed by atoms with Crippen LogP contribution in [0.4, 0.5) is 5.69 Å². The Balaban J connectivity index is 1.98. The van der Waals surface area contributed by atoms with Gasteiger partial charge in [-0.15, -0.1) is 0 Å². The van der Waals surface area contributed by atoms with Crippen LogP contribution in [0.1, 0.15) is 25.3 Å². The van der Waals surface area contributed by atoms with Gasteiger partial charge in [0.2, 0.25) is 0 Å². The van der Waals surface area contributed by atoms with Gasteiger partial charge in [0, 0.05) is 11.7 Å². The molecule has 0 fully saturated rings. The minimum atomic E-state index is -0.165. The molecule has 2 rings (SSSR count). The maximum Gasteiger partial charge on any atom is 0.0557 e. The Hall–Kier alpha value is -1.02. The molecule has 1 aromatic rings. The summed E-state index contributed by atoms with van der Waals surface area (Å²) < 4.78 is 0. The molecule has 2 atom stereocenters.